The molecule has 2 unspecified atom stereocenters. The van der Waals surface area contributed by atoms with E-state index in [-0.39, 0.29) is 0 Å². The van der Waals surface area contributed by atoms with Gasteiger partial charge in [-0.15, -0.1) is 0 Å². The quantitative estimate of drug-likeness (QED) is 0.665. The Kier molecular flexibility index (Phi) is 3.49. The van der Waals surface area contributed by atoms with Crippen LogP contribution in [0.1, 0.15) is 51.4 Å². The molecule has 3 aliphatic rings. The predicted molar refractivity (Wildman–Crippen MR) is 67.6 cm³/mol. The van der Waals surface area contributed by atoms with Crippen molar-refractivity contribution in [2.45, 2.75) is 63.5 Å². The Labute approximate surface area is 99.8 Å². The minimum atomic E-state index is 0.898. The lowest BCUT2D eigenvalue weighted by atomic mass is 10.1. The Hall–Kier alpha value is -0.0800. The van der Waals surface area contributed by atoms with E-state index < -0.39 is 0 Å². The van der Waals surface area contributed by atoms with Crippen LogP contribution in [0.2, 0.25) is 0 Å². The number of nitrogens with one attached hydrogen (secondary N) is 1. The molecule has 2 saturated carbocycles. The first-order valence-electron chi connectivity index (χ1n) is 7.39. The first kappa shape index (κ1) is 11.0. The number of unbranched alkanes of at least 4 members (excludes halogenated alkanes) is 2. The third kappa shape index (κ3) is 2.78. The molecule has 0 amide bonds. The summed E-state index contributed by atoms with van der Waals surface area (Å²) in [6.07, 6.45) is 11.6. The SMILES string of the molecule is C(CCNC1CC1)CCN1CC2CCC1C2. The number of likely N-dealkylation sites (tertiary alicyclic amines) is 1. The highest BCUT2D eigenvalue weighted by molar-refractivity contribution is 4.91. The van der Waals surface area contributed by atoms with Crippen LogP contribution in [-0.4, -0.2) is 36.6 Å². The predicted octanol–water partition coefficient (Wildman–Crippen LogP) is 2.39. The monoisotopic (exact) mass is 222 g/mol. The van der Waals surface area contributed by atoms with Crippen molar-refractivity contribution in [3.8, 4) is 0 Å². The van der Waals surface area contributed by atoms with Gasteiger partial charge in [0.25, 0.3) is 0 Å². The Morgan fingerprint density at radius 1 is 1.00 bits per heavy atom. The summed E-state index contributed by atoms with van der Waals surface area (Å²) >= 11 is 0. The maximum atomic E-state index is 3.60. The van der Waals surface area contributed by atoms with E-state index in [0.717, 1.165) is 18.0 Å². The lowest BCUT2D eigenvalue weighted by Crippen LogP contribution is -2.32. The van der Waals surface area contributed by atoms with Crippen molar-refractivity contribution < 1.29 is 0 Å². The molecule has 2 nitrogen and oxygen atoms in total. The zero-order chi connectivity index (χ0) is 10.8. The Bertz CT molecular complexity index is 225. The largest absolute Gasteiger partial charge is 0.314 e. The minimum absolute atomic E-state index is 0.898. The summed E-state index contributed by atoms with van der Waals surface area (Å²) < 4.78 is 0. The second-order valence-electron chi connectivity index (χ2n) is 6.12. The molecule has 0 radical (unpaired) electrons. The summed E-state index contributed by atoms with van der Waals surface area (Å²) in [5, 5.41) is 3.60. The van der Waals surface area contributed by atoms with Crippen LogP contribution in [-0.2, 0) is 0 Å². The molecule has 2 aliphatic carbocycles. The highest BCUT2D eigenvalue weighted by atomic mass is 15.2. The maximum Gasteiger partial charge on any atom is 0.00985 e. The van der Waals surface area contributed by atoms with E-state index in [2.05, 4.69) is 10.2 Å². The summed E-state index contributed by atoms with van der Waals surface area (Å²) in [5.41, 5.74) is 0. The van der Waals surface area contributed by atoms with E-state index >= 15 is 0 Å². The summed E-state index contributed by atoms with van der Waals surface area (Å²) in [5.74, 6) is 1.07. The molecule has 0 spiro atoms. The molecule has 92 valence electrons. The summed E-state index contributed by atoms with van der Waals surface area (Å²) in [4.78, 5) is 2.77. The molecule has 2 bridgehead atoms. The fraction of sp³-hybridized carbons (Fsp3) is 1.00. The standard InChI is InChI=1S/C14H26N2/c1(2-8-15-13-5-6-13)3-9-16-11-12-4-7-14(16)10-12/h12-15H,1-11H2. The molecule has 0 aromatic heterocycles. The van der Waals surface area contributed by atoms with Crippen LogP contribution in [0.5, 0.6) is 0 Å². The fourth-order valence-electron chi connectivity index (χ4n) is 3.51. The number of nitrogens with zero attached hydrogens (tertiary/aromatic N) is 1. The van der Waals surface area contributed by atoms with Crippen LogP contribution in [0.3, 0.4) is 0 Å². The highest BCUT2D eigenvalue weighted by Crippen LogP contribution is 2.37. The number of piperidine rings is 1. The molecular formula is C14H26N2. The van der Waals surface area contributed by atoms with Gasteiger partial charge in [0.2, 0.25) is 0 Å². The normalized spacial score (nSPS) is 33.8. The Balaban J connectivity index is 1.21. The van der Waals surface area contributed by atoms with Gasteiger partial charge in [0.05, 0.1) is 0 Å². The van der Waals surface area contributed by atoms with Crippen LogP contribution in [0, 0.1) is 5.92 Å². The highest BCUT2D eigenvalue weighted by Gasteiger charge is 2.36. The van der Waals surface area contributed by atoms with Gasteiger partial charge in [-0.1, -0.05) is 6.42 Å². The third-order valence-corrected chi connectivity index (χ3v) is 4.66. The van der Waals surface area contributed by atoms with Gasteiger partial charge in [-0.05, 0) is 64.0 Å². The molecule has 2 atom stereocenters. The lowest BCUT2D eigenvalue weighted by molar-refractivity contribution is 0.209. The average Bonchev–Trinajstić information content (AvgIpc) is 2.88. The van der Waals surface area contributed by atoms with Gasteiger partial charge >= 0.3 is 0 Å². The van der Waals surface area contributed by atoms with Crippen molar-refractivity contribution in [3.63, 3.8) is 0 Å². The Morgan fingerprint density at radius 3 is 2.62 bits per heavy atom. The van der Waals surface area contributed by atoms with Gasteiger partial charge in [0.1, 0.15) is 0 Å². The van der Waals surface area contributed by atoms with Gasteiger partial charge in [0.15, 0.2) is 0 Å². The lowest BCUT2D eigenvalue weighted by Gasteiger charge is -2.26. The van der Waals surface area contributed by atoms with E-state index in [1.54, 1.807) is 0 Å². The summed E-state index contributed by atoms with van der Waals surface area (Å²) in [7, 11) is 0. The van der Waals surface area contributed by atoms with Gasteiger partial charge in [-0.3, -0.25) is 0 Å². The van der Waals surface area contributed by atoms with Crippen LogP contribution >= 0.6 is 0 Å². The van der Waals surface area contributed by atoms with Crippen molar-refractivity contribution in [1.82, 2.24) is 10.2 Å². The molecule has 16 heavy (non-hydrogen) atoms. The van der Waals surface area contributed by atoms with E-state index in [1.165, 1.54) is 71.0 Å². The summed E-state index contributed by atoms with van der Waals surface area (Å²) in [6, 6.07) is 1.88. The van der Waals surface area contributed by atoms with Gasteiger partial charge < -0.3 is 10.2 Å². The van der Waals surface area contributed by atoms with E-state index in [0.29, 0.717) is 0 Å². The molecule has 1 saturated heterocycles. The van der Waals surface area contributed by atoms with Crippen LogP contribution in [0.15, 0.2) is 0 Å². The fourth-order valence-corrected chi connectivity index (χ4v) is 3.51. The van der Waals surface area contributed by atoms with Gasteiger partial charge in [-0.25, -0.2) is 0 Å². The van der Waals surface area contributed by atoms with E-state index in [1.807, 2.05) is 0 Å². The number of fused-ring (bicyclic) bond motifs is 2. The van der Waals surface area contributed by atoms with E-state index in [9.17, 15) is 0 Å². The smallest absolute Gasteiger partial charge is 0.00985 e. The van der Waals surface area contributed by atoms with Crippen molar-refractivity contribution >= 4 is 0 Å². The molecule has 2 heteroatoms. The molecular weight excluding hydrogens is 196 g/mol. The van der Waals surface area contributed by atoms with E-state index in [4.69, 9.17) is 0 Å². The van der Waals surface area contributed by atoms with Crippen molar-refractivity contribution in [3.05, 3.63) is 0 Å². The molecule has 0 aromatic rings. The zero-order valence-corrected chi connectivity index (χ0v) is 10.5. The first-order valence-corrected chi connectivity index (χ1v) is 7.39. The first-order chi connectivity index (χ1) is 7.92. The second kappa shape index (κ2) is 5.05. The van der Waals surface area contributed by atoms with Crippen molar-refractivity contribution in [2.24, 2.45) is 5.92 Å². The van der Waals surface area contributed by atoms with Crippen molar-refractivity contribution in [1.29, 1.82) is 0 Å². The maximum absolute atomic E-state index is 3.60. The van der Waals surface area contributed by atoms with Crippen LogP contribution in [0.4, 0.5) is 0 Å². The molecule has 0 aromatic carbocycles. The third-order valence-electron chi connectivity index (χ3n) is 4.66. The molecule has 1 heterocycles. The molecule has 3 rings (SSSR count). The number of hydrogen-bond acceptors (Lipinski definition) is 2. The van der Waals surface area contributed by atoms with Crippen LogP contribution < -0.4 is 5.32 Å². The molecule has 3 fully saturated rings. The summed E-state index contributed by atoms with van der Waals surface area (Å²) in [6.45, 7) is 4.06. The minimum Gasteiger partial charge on any atom is -0.314 e. The van der Waals surface area contributed by atoms with Crippen molar-refractivity contribution in [2.75, 3.05) is 19.6 Å². The average molecular weight is 222 g/mol. The van der Waals surface area contributed by atoms with Gasteiger partial charge in [-0.2, -0.15) is 0 Å². The zero-order valence-electron chi connectivity index (χ0n) is 10.5. The van der Waals surface area contributed by atoms with Crippen LogP contribution in [0.25, 0.3) is 0 Å². The molecule has 1 N–H and O–H groups in total. The van der Waals surface area contributed by atoms with Gasteiger partial charge in [0, 0.05) is 18.6 Å². The number of rotatable bonds is 7. The number of hydrogen-bond donors (Lipinski definition) is 1. The molecule has 1 aliphatic heterocycles. The topological polar surface area (TPSA) is 15.3 Å². The second-order valence-corrected chi connectivity index (χ2v) is 6.12. The Morgan fingerprint density at radius 2 is 1.94 bits per heavy atom.